The van der Waals surface area contributed by atoms with E-state index in [4.69, 9.17) is 5.11 Å². The van der Waals surface area contributed by atoms with Crippen LogP contribution in [0.25, 0.3) is 0 Å². The van der Waals surface area contributed by atoms with E-state index < -0.39 is 0 Å². The van der Waals surface area contributed by atoms with Gasteiger partial charge in [0.05, 0.1) is 5.69 Å². The second kappa shape index (κ2) is 9.37. The van der Waals surface area contributed by atoms with Crippen molar-refractivity contribution in [2.24, 2.45) is 0 Å². The molecule has 0 spiro atoms. The van der Waals surface area contributed by atoms with E-state index in [0.29, 0.717) is 6.04 Å². The highest BCUT2D eigenvalue weighted by molar-refractivity contribution is 9.10. The maximum absolute atomic E-state index is 9.03. The molecule has 0 saturated heterocycles. The Labute approximate surface area is 131 Å². The number of halogens is 1. The zero-order valence-electron chi connectivity index (χ0n) is 12.8. The minimum Gasteiger partial charge on any atom is -0.396 e. The van der Waals surface area contributed by atoms with E-state index in [0.717, 1.165) is 36.9 Å². The van der Waals surface area contributed by atoms with Crippen LogP contribution in [0.15, 0.2) is 22.7 Å². The summed E-state index contributed by atoms with van der Waals surface area (Å²) in [5, 5.41) is 12.4. The molecule has 0 bridgehead atoms. The van der Waals surface area contributed by atoms with E-state index in [2.05, 4.69) is 65.1 Å². The molecule has 2 N–H and O–H groups in total. The quantitative estimate of drug-likeness (QED) is 0.673. The number of aliphatic hydroxyl groups is 1. The van der Waals surface area contributed by atoms with Crippen LogP contribution < -0.4 is 10.2 Å². The van der Waals surface area contributed by atoms with E-state index in [9.17, 15) is 0 Å². The maximum atomic E-state index is 9.03. The highest BCUT2D eigenvalue weighted by Gasteiger charge is 2.13. The first kappa shape index (κ1) is 17.5. The summed E-state index contributed by atoms with van der Waals surface area (Å²) in [5.74, 6) is 0. The highest BCUT2D eigenvalue weighted by atomic mass is 79.9. The molecule has 0 radical (unpaired) electrons. The topological polar surface area (TPSA) is 35.5 Å². The second-order valence-electron chi connectivity index (χ2n) is 5.33. The van der Waals surface area contributed by atoms with Gasteiger partial charge in [-0.1, -0.05) is 13.0 Å². The third-order valence-corrected chi connectivity index (χ3v) is 3.89. The van der Waals surface area contributed by atoms with Crippen molar-refractivity contribution in [1.82, 2.24) is 5.32 Å². The van der Waals surface area contributed by atoms with E-state index in [1.54, 1.807) is 0 Å². The van der Waals surface area contributed by atoms with Gasteiger partial charge in [-0.2, -0.15) is 0 Å². The number of aliphatic hydroxyl groups excluding tert-OH is 1. The van der Waals surface area contributed by atoms with E-state index in [1.165, 1.54) is 11.3 Å². The first-order chi connectivity index (χ1) is 9.60. The Kier molecular flexibility index (Phi) is 8.19. The van der Waals surface area contributed by atoms with Crippen molar-refractivity contribution in [3.8, 4) is 0 Å². The summed E-state index contributed by atoms with van der Waals surface area (Å²) in [5.41, 5.74) is 2.49. The van der Waals surface area contributed by atoms with Gasteiger partial charge in [0.1, 0.15) is 0 Å². The molecule has 0 heterocycles. The van der Waals surface area contributed by atoms with Crippen molar-refractivity contribution in [3.63, 3.8) is 0 Å². The molecule has 114 valence electrons. The Morgan fingerprint density at radius 1 is 1.35 bits per heavy atom. The standard InChI is InChI=1S/C16H27BrN2O/c1-4-8-18-12-14-6-7-16(15(17)11-14)19(13(2)3)9-5-10-20/h6-7,11,13,18,20H,4-5,8-10,12H2,1-3H3. The molecule has 20 heavy (non-hydrogen) atoms. The fourth-order valence-electron chi connectivity index (χ4n) is 2.20. The smallest absolute Gasteiger partial charge is 0.0513 e. The van der Waals surface area contributed by atoms with Gasteiger partial charge in [-0.3, -0.25) is 0 Å². The number of benzene rings is 1. The summed E-state index contributed by atoms with van der Waals surface area (Å²) in [6.07, 6.45) is 1.95. The molecule has 0 aliphatic rings. The number of hydrogen-bond acceptors (Lipinski definition) is 3. The van der Waals surface area contributed by atoms with Crippen molar-refractivity contribution in [2.75, 3.05) is 24.6 Å². The van der Waals surface area contributed by atoms with Gasteiger partial charge < -0.3 is 15.3 Å². The van der Waals surface area contributed by atoms with Crippen LogP contribution in [0.5, 0.6) is 0 Å². The fourth-order valence-corrected chi connectivity index (χ4v) is 2.85. The number of nitrogens with zero attached hydrogens (tertiary/aromatic N) is 1. The molecule has 1 aromatic carbocycles. The van der Waals surface area contributed by atoms with Crippen LogP contribution in [0.2, 0.25) is 0 Å². The zero-order chi connectivity index (χ0) is 15.0. The molecule has 0 aromatic heterocycles. The van der Waals surface area contributed by atoms with Crippen molar-refractivity contribution in [1.29, 1.82) is 0 Å². The van der Waals surface area contributed by atoms with Gasteiger partial charge in [0, 0.05) is 30.2 Å². The lowest BCUT2D eigenvalue weighted by Gasteiger charge is -2.30. The second-order valence-corrected chi connectivity index (χ2v) is 6.18. The number of anilines is 1. The number of nitrogens with one attached hydrogen (secondary N) is 1. The normalized spacial score (nSPS) is 11.1. The Balaban J connectivity index is 2.78. The molecular formula is C16H27BrN2O. The monoisotopic (exact) mass is 342 g/mol. The van der Waals surface area contributed by atoms with Gasteiger partial charge in [-0.15, -0.1) is 0 Å². The molecule has 3 nitrogen and oxygen atoms in total. The first-order valence-corrected chi connectivity index (χ1v) is 8.26. The van der Waals surface area contributed by atoms with E-state index >= 15 is 0 Å². The van der Waals surface area contributed by atoms with Crippen molar-refractivity contribution < 1.29 is 5.11 Å². The third-order valence-electron chi connectivity index (χ3n) is 3.26. The Bertz CT molecular complexity index is 396. The van der Waals surface area contributed by atoms with Gasteiger partial charge in [0.15, 0.2) is 0 Å². The Hall–Kier alpha value is -0.580. The average Bonchev–Trinajstić information content (AvgIpc) is 2.41. The molecule has 1 aromatic rings. The van der Waals surface area contributed by atoms with Crippen LogP contribution in [0.4, 0.5) is 5.69 Å². The third kappa shape index (κ3) is 5.43. The first-order valence-electron chi connectivity index (χ1n) is 7.46. The lowest BCUT2D eigenvalue weighted by Crippen LogP contribution is -2.32. The molecule has 0 unspecified atom stereocenters. The van der Waals surface area contributed by atoms with Gasteiger partial charge in [0.25, 0.3) is 0 Å². The van der Waals surface area contributed by atoms with E-state index in [1.807, 2.05) is 0 Å². The summed E-state index contributed by atoms with van der Waals surface area (Å²) in [7, 11) is 0. The predicted molar refractivity (Wildman–Crippen MR) is 90.3 cm³/mol. The van der Waals surface area contributed by atoms with Crippen LogP contribution in [-0.2, 0) is 6.54 Å². The molecule has 0 atom stereocenters. The van der Waals surface area contributed by atoms with Crippen molar-refractivity contribution in [2.45, 2.75) is 46.2 Å². The molecule has 0 aliphatic heterocycles. The minimum atomic E-state index is 0.236. The summed E-state index contributed by atoms with van der Waals surface area (Å²) in [6, 6.07) is 6.95. The fraction of sp³-hybridized carbons (Fsp3) is 0.625. The zero-order valence-corrected chi connectivity index (χ0v) is 14.4. The van der Waals surface area contributed by atoms with Crippen LogP contribution in [-0.4, -0.2) is 30.8 Å². The molecular weight excluding hydrogens is 316 g/mol. The average molecular weight is 343 g/mol. The predicted octanol–water partition coefficient (Wildman–Crippen LogP) is 3.55. The molecule has 0 amide bonds. The van der Waals surface area contributed by atoms with Gasteiger partial charge in [0.2, 0.25) is 0 Å². The Morgan fingerprint density at radius 2 is 2.10 bits per heavy atom. The largest absolute Gasteiger partial charge is 0.396 e. The summed E-state index contributed by atoms with van der Waals surface area (Å²) >= 11 is 3.69. The van der Waals surface area contributed by atoms with E-state index in [-0.39, 0.29) is 6.61 Å². The van der Waals surface area contributed by atoms with Gasteiger partial charge in [-0.05, 0) is 66.9 Å². The number of hydrogen-bond donors (Lipinski definition) is 2. The van der Waals surface area contributed by atoms with Crippen molar-refractivity contribution >= 4 is 21.6 Å². The summed E-state index contributed by atoms with van der Waals surface area (Å²) < 4.78 is 1.12. The van der Waals surface area contributed by atoms with Crippen LogP contribution >= 0.6 is 15.9 Å². The maximum Gasteiger partial charge on any atom is 0.0513 e. The molecule has 0 saturated carbocycles. The van der Waals surface area contributed by atoms with Crippen LogP contribution in [0, 0.1) is 0 Å². The number of rotatable bonds is 9. The molecule has 1 rings (SSSR count). The highest BCUT2D eigenvalue weighted by Crippen LogP contribution is 2.29. The lowest BCUT2D eigenvalue weighted by atomic mass is 10.1. The SMILES string of the molecule is CCCNCc1ccc(N(CCCO)C(C)C)c(Br)c1. The van der Waals surface area contributed by atoms with Gasteiger partial charge >= 0.3 is 0 Å². The van der Waals surface area contributed by atoms with Gasteiger partial charge in [-0.25, -0.2) is 0 Å². The summed E-state index contributed by atoms with van der Waals surface area (Å²) in [4.78, 5) is 2.32. The lowest BCUT2D eigenvalue weighted by molar-refractivity contribution is 0.288. The van der Waals surface area contributed by atoms with Crippen LogP contribution in [0.1, 0.15) is 39.2 Å². The molecule has 4 heteroatoms. The summed E-state index contributed by atoms with van der Waals surface area (Å²) in [6.45, 7) is 9.60. The minimum absolute atomic E-state index is 0.236. The van der Waals surface area contributed by atoms with Crippen LogP contribution in [0.3, 0.4) is 0 Å². The Morgan fingerprint density at radius 3 is 2.65 bits per heavy atom. The molecule has 0 fully saturated rings. The molecule has 0 aliphatic carbocycles. The van der Waals surface area contributed by atoms with Crippen molar-refractivity contribution in [3.05, 3.63) is 28.2 Å².